The van der Waals surface area contributed by atoms with Crippen molar-refractivity contribution in [2.45, 2.75) is 0 Å². The molecule has 2 aromatic rings. The van der Waals surface area contributed by atoms with E-state index in [2.05, 4.69) is 0 Å². The molecule has 0 atom stereocenters. The number of hydrogen-bond donors (Lipinski definition) is 2. The van der Waals surface area contributed by atoms with Gasteiger partial charge in [-0.15, -0.1) is 0 Å². The van der Waals surface area contributed by atoms with Gasteiger partial charge in [0.05, 0.1) is 19.8 Å². The highest BCUT2D eigenvalue weighted by Crippen LogP contribution is 2.35. The Labute approximate surface area is 155 Å². The van der Waals surface area contributed by atoms with Crippen molar-refractivity contribution < 1.29 is 28.5 Å². The number of hydrazine groups is 1. The minimum atomic E-state index is -0.471. The number of Topliss-reactive ketones (excluding diaryl/α,β-unsaturated/α-hetero) is 1. The van der Waals surface area contributed by atoms with E-state index in [0.717, 1.165) is 5.56 Å². The van der Waals surface area contributed by atoms with Crippen molar-refractivity contribution in [2.75, 3.05) is 20.8 Å². The van der Waals surface area contributed by atoms with Crippen LogP contribution in [0.25, 0.3) is 6.08 Å². The SMILES string of the molecule is COc1ccc(C=C2Oc3cc(OCC(=O)NN)ccc3C2=O)cc1OC. The molecular formula is C19H18N2O6. The highest BCUT2D eigenvalue weighted by atomic mass is 16.5. The Kier molecular flexibility index (Phi) is 5.28. The molecule has 0 spiro atoms. The second-order valence-corrected chi connectivity index (χ2v) is 5.57. The number of fused-ring (bicyclic) bond motifs is 1. The van der Waals surface area contributed by atoms with Gasteiger partial charge < -0.3 is 18.9 Å². The van der Waals surface area contributed by atoms with E-state index >= 15 is 0 Å². The summed E-state index contributed by atoms with van der Waals surface area (Å²) in [6, 6.07) is 9.99. The Hall–Kier alpha value is -3.52. The van der Waals surface area contributed by atoms with Crippen molar-refractivity contribution in [2.24, 2.45) is 5.84 Å². The van der Waals surface area contributed by atoms with E-state index < -0.39 is 5.91 Å². The minimum Gasteiger partial charge on any atom is -0.493 e. The van der Waals surface area contributed by atoms with Crippen LogP contribution in [0.3, 0.4) is 0 Å². The van der Waals surface area contributed by atoms with E-state index in [-0.39, 0.29) is 18.1 Å². The number of carbonyl (C=O) groups is 2. The molecule has 8 heteroatoms. The molecule has 0 aliphatic carbocycles. The Balaban J connectivity index is 1.81. The molecule has 27 heavy (non-hydrogen) atoms. The predicted octanol–water partition coefficient (Wildman–Crippen LogP) is 1.69. The van der Waals surface area contributed by atoms with Crippen molar-refractivity contribution in [3.05, 3.63) is 53.3 Å². The summed E-state index contributed by atoms with van der Waals surface area (Å²) in [6.45, 7) is -0.239. The van der Waals surface area contributed by atoms with Crippen molar-refractivity contribution in [1.82, 2.24) is 5.43 Å². The first-order chi connectivity index (χ1) is 13.0. The summed E-state index contributed by atoms with van der Waals surface area (Å²) in [5.74, 6) is 6.34. The summed E-state index contributed by atoms with van der Waals surface area (Å²) in [5.41, 5.74) is 3.11. The average Bonchev–Trinajstić information content (AvgIpc) is 3.00. The number of ketones is 1. The summed E-state index contributed by atoms with van der Waals surface area (Å²) in [6.07, 6.45) is 1.62. The maximum Gasteiger partial charge on any atom is 0.271 e. The van der Waals surface area contributed by atoms with Crippen LogP contribution in [0.1, 0.15) is 15.9 Å². The van der Waals surface area contributed by atoms with Crippen molar-refractivity contribution in [3.63, 3.8) is 0 Å². The Morgan fingerprint density at radius 1 is 1.15 bits per heavy atom. The fraction of sp³-hybridized carbons (Fsp3) is 0.158. The van der Waals surface area contributed by atoms with E-state index in [1.165, 1.54) is 7.11 Å². The number of amides is 1. The standard InChI is InChI=1S/C19H18N2O6/c1-24-14-6-3-11(7-16(14)25-2)8-17-19(23)13-5-4-12(9-15(13)27-17)26-10-18(22)21-20/h3-9H,10,20H2,1-2H3,(H,21,22). The number of ether oxygens (including phenoxy) is 4. The van der Waals surface area contributed by atoms with Gasteiger partial charge >= 0.3 is 0 Å². The normalized spacial score (nSPS) is 13.7. The zero-order valence-corrected chi connectivity index (χ0v) is 14.8. The molecule has 0 radical (unpaired) electrons. The third kappa shape index (κ3) is 3.85. The Morgan fingerprint density at radius 3 is 2.63 bits per heavy atom. The molecule has 3 N–H and O–H groups in total. The zero-order chi connectivity index (χ0) is 19.4. The van der Waals surface area contributed by atoms with E-state index in [4.69, 9.17) is 24.8 Å². The number of hydrogen-bond acceptors (Lipinski definition) is 7. The van der Waals surface area contributed by atoms with Gasteiger partial charge in [0, 0.05) is 6.07 Å². The van der Waals surface area contributed by atoms with Gasteiger partial charge in [-0.1, -0.05) is 6.07 Å². The lowest BCUT2D eigenvalue weighted by molar-refractivity contribution is -0.123. The largest absolute Gasteiger partial charge is 0.493 e. The molecule has 1 amide bonds. The van der Waals surface area contributed by atoms with Gasteiger partial charge in [-0.25, -0.2) is 5.84 Å². The van der Waals surface area contributed by atoms with Crippen LogP contribution in [-0.2, 0) is 4.79 Å². The fourth-order valence-corrected chi connectivity index (χ4v) is 2.54. The number of carbonyl (C=O) groups excluding carboxylic acids is 2. The minimum absolute atomic E-state index is 0.175. The van der Waals surface area contributed by atoms with Gasteiger partial charge in [-0.3, -0.25) is 15.0 Å². The van der Waals surface area contributed by atoms with Crippen LogP contribution in [-0.4, -0.2) is 32.5 Å². The molecule has 2 aromatic carbocycles. The maximum absolute atomic E-state index is 12.5. The monoisotopic (exact) mass is 370 g/mol. The highest BCUT2D eigenvalue weighted by molar-refractivity contribution is 6.14. The summed E-state index contributed by atoms with van der Waals surface area (Å²) < 4.78 is 21.4. The number of allylic oxidation sites excluding steroid dienone is 1. The molecule has 3 rings (SSSR count). The second kappa shape index (κ2) is 7.79. The lowest BCUT2D eigenvalue weighted by Gasteiger charge is -2.08. The van der Waals surface area contributed by atoms with E-state index in [1.807, 2.05) is 5.43 Å². The third-order valence-corrected chi connectivity index (χ3v) is 3.88. The first-order valence-corrected chi connectivity index (χ1v) is 7.98. The molecule has 140 valence electrons. The van der Waals surface area contributed by atoms with Gasteiger partial charge in [0.15, 0.2) is 23.9 Å². The van der Waals surface area contributed by atoms with Gasteiger partial charge in [0.25, 0.3) is 5.91 Å². The lowest BCUT2D eigenvalue weighted by atomic mass is 10.1. The van der Waals surface area contributed by atoms with E-state index in [9.17, 15) is 9.59 Å². The first kappa shape index (κ1) is 18.3. The summed E-state index contributed by atoms with van der Waals surface area (Å²) in [5, 5.41) is 0. The number of benzene rings is 2. The van der Waals surface area contributed by atoms with Gasteiger partial charge in [0.1, 0.15) is 11.5 Å². The molecular weight excluding hydrogens is 352 g/mol. The van der Waals surface area contributed by atoms with Crippen molar-refractivity contribution in [3.8, 4) is 23.0 Å². The smallest absolute Gasteiger partial charge is 0.271 e. The molecule has 0 unspecified atom stereocenters. The van der Waals surface area contributed by atoms with Gasteiger partial charge in [-0.2, -0.15) is 0 Å². The Morgan fingerprint density at radius 2 is 1.93 bits per heavy atom. The molecule has 1 heterocycles. The summed E-state index contributed by atoms with van der Waals surface area (Å²) in [7, 11) is 3.08. The van der Waals surface area contributed by atoms with Crippen LogP contribution < -0.4 is 30.2 Å². The van der Waals surface area contributed by atoms with Crippen LogP contribution in [0.15, 0.2) is 42.2 Å². The number of rotatable bonds is 6. The maximum atomic E-state index is 12.5. The fourth-order valence-electron chi connectivity index (χ4n) is 2.54. The van der Waals surface area contributed by atoms with Gasteiger partial charge in [0.2, 0.25) is 5.78 Å². The number of methoxy groups -OCH3 is 2. The molecule has 0 saturated heterocycles. The molecule has 0 aromatic heterocycles. The predicted molar refractivity (Wildman–Crippen MR) is 96.7 cm³/mol. The van der Waals surface area contributed by atoms with Gasteiger partial charge in [-0.05, 0) is 35.9 Å². The summed E-state index contributed by atoms with van der Waals surface area (Å²) >= 11 is 0. The average molecular weight is 370 g/mol. The molecule has 8 nitrogen and oxygen atoms in total. The Bertz CT molecular complexity index is 922. The number of nitrogens with one attached hydrogen (secondary N) is 1. The van der Waals surface area contributed by atoms with Crippen LogP contribution in [0.2, 0.25) is 0 Å². The molecule has 0 bridgehead atoms. The number of nitrogens with two attached hydrogens (primary N) is 1. The highest BCUT2D eigenvalue weighted by Gasteiger charge is 2.28. The molecule has 0 fully saturated rings. The van der Waals surface area contributed by atoms with Crippen LogP contribution in [0.5, 0.6) is 23.0 Å². The molecule has 1 aliphatic heterocycles. The quantitative estimate of drug-likeness (QED) is 0.345. The second-order valence-electron chi connectivity index (χ2n) is 5.57. The summed E-state index contributed by atoms with van der Waals surface area (Å²) in [4.78, 5) is 23.7. The van der Waals surface area contributed by atoms with E-state index in [1.54, 1.807) is 49.6 Å². The van der Waals surface area contributed by atoms with Crippen molar-refractivity contribution >= 4 is 17.8 Å². The van der Waals surface area contributed by atoms with Crippen LogP contribution in [0.4, 0.5) is 0 Å². The molecule has 0 saturated carbocycles. The third-order valence-electron chi connectivity index (χ3n) is 3.88. The van der Waals surface area contributed by atoms with E-state index in [0.29, 0.717) is 28.6 Å². The van der Waals surface area contributed by atoms with Crippen molar-refractivity contribution in [1.29, 1.82) is 0 Å². The first-order valence-electron chi connectivity index (χ1n) is 7.98. The molecule has 1 aliphatic rings. The van der Waals surface area contributed by atoms with Crippen LogP contribution >= 0.6 is 0 Å². The van der Waals surface area contributed by atoms with Crippen LogP contribution in [0, 0.1) is 0 Å². The zero-order valence-electron chi connectivity index (χ0n) is 14.8. The lowest BCUT2D eigenvalue weighted by Crippen LogP contribution is -2.34. The topological polar surface area (TPSA) is 109 Å².